The van der Waals surface area contributed by atoms with E-state index in [0.29, 0.717) is 5.56 Å². The number of carbonyl (C=O) groups excluding carboxylic acids is 1. The van der Waals surface area contributed by atoms with Crippen LogP contribution in [0.25, 0.3) is 10.2 Å². The molecule has 0 aliphatic rings. The molecule has 0 N–H and O–H groups in total. The summed E-state index contributed by atoms with van der Waals surface area (Å²) in [5.41, 5.74) is 2.90. The molecular formula is C19H20N2O2S2. The van der Waals surface area contributed by atoms with Gasteiger partial charge in [-0.25, -0.2) is 0 Å². The summed E-state index contributed by atoms with van der Waals surface area (Å²) in [5.74, 6) is 1.47. The Hall–Kier alpha value is -2.05. The van der Waals surface area contributed by atoms with Crippen LogP contribution in [0.15, 0.2) is 47.5 Å². The quantitative estimate of drug-likeness (QED) is 0.676. The van der Waals surface area contributed by atoms with Crippen LogP contribution in [0.3, 0.4) is 0 Å². The first-order valence-corrected chi connectivity index (χ1v) is 10.2. The lowest BCUT2D eigenvalue weighted by molar-refractivity contribution is 0.0998. The molecule has 0 spiro atoms. The second kappa shape index (κ2) is 7.89. The molecule has 0 radical (unpaired) electrons. The molecule has 4 nitrogen and oxygen atoms in total. The van der Waals surface area contributed by atoms with Gasteiger partial charge in [-0.05, 0) is 55.1 Å². The summed E-state index contributed by atoms with van der Waals surface area (Å²) < 4.78 is 8.43. The van der Waals surface area contributed by atoms with Crippen LogP contribution in [0.4, 0.5) is 0 Å². The fourth-order valence-corrected chi connectivity index (χ4v) is 4.07. The Morgan fingerprint density at radius 3 is 2.68 bits per heavy atom. The van der Waals surface area contributed by atoms with Crippen molar-refractivity contribution in [2.45, 2.75) is 13.5 Å². The molecule has 6 heteroatoms. The number of nitrogens with zero attached hydrogens (tertiary/aromatic N) is 2. The zero-order valence-corrected chi connectivity index (χ0v) is 16.1. The smallest absolute Gasteiger partial charge is 0.279 e. The van der Waals surface area contributed by atoms with Crippen LogP contribution in [-0.2, 0) is 6.54 Å². The number of amides is 1. The number of aromatic nitrogens is 1. The maximum atomic E-state index is 12.6. The normalized spacial score (nSPS) is 11.9. The highest BCUT2D eigenvalue weighted by Crippen LogP contribution is 2.19. The predicted octanol–water partition coefficient (Wildman–Crippen LogP) is 4.12. The van der Waals surface area contributed by atoms with Crippen LogP contribution >= 0.6 is 23.1 Å². The fourth-order valence-electron chi connectivity index (χ4n) is 2.55. The Kier molecular flexibility index (Phi) is 5.60. The minimum Gasteiger partial charge on any atom is -0.497 e. The Morgan fingerprint density at radius 2 is 2.00 bits per heavy atom. The molecule has 0 unspecified atom stereocenters. The highest BCUT2D eigenvalue weighted by atomic mass is 32.2. The van der Waals surface area contributed by atoms with E-state index in [-0.39, 0.29) is 5.91 Å². The molecule has 0 saturated heterocycles. The molecule has 1 amide bonds. The van der Waals surface area contributed by atoms with E-state index in [1.54, 1.807) is 54.5 Å². The Bertz CT molecular complexity index is 956. The zero-order valence-electron chi connectivity index (χ0n) is 14.5. The first kappa shape index (κ1) is 17.8. The maximum absolute atomic E-state index is 12.6. The van der Waals surface area contributed by atoms with Gasteiger partial charge in [0.05, 0.1) is 17.3 Å². The minimum atomic E-state index is -0.233. The van der Waals surface area contributed by atoms with Crippen molar-refractivity contribution in [1.82, 2.24) is 4.57 Å². The molecule has 0 aliphatic heterocycles. The van der Waals surface area contributed by atoms with Gasteiger partial charge >= 0.3 is 0 Å². The molecule has 0 fully saturated rings. The average molecular weight is 373 g/mol. The monoisotopic (exact) mass is 372 g/mol. The number of hydrogen-bond donors (Lipinski definition) is 0. The van der Waals surface area contributed by atoms with E-state index < -0.39 is 0 Å². The third-order valence-electron chi connectivity index (χ3n) is 3.89. The summed E-state index contributed by atoms with van der Waals surface area (Å²) >= 11 is 3.34. The largest absolute Gasteiger partial charge is 0.497 e. The van der Waals surface area contributed by atoms with Crippen LogP contribution < -0.4 is 9.54 Å². The minimum absolute atomic E-state index is 0.233. The zero-order chi connectivity index (χ0) is 17.8. The molecule has 0 saturated carbocycles. The third kappa shape index (κ3) is 3.96. The van der Waals surface area contributed by atoms with Crippen LogP contribution in [0, 0.1) is 6.92 Å². The van der Waals surface area contributed by atoms with Crippen molar-refractivity contribution < 1.29 is 9.53 Å². The average Bonchev–Trinajstić information content (AvgIpc) is 2.95. The van der Waals surface area contributed by atoms with Gasteiger partial charge in [-0.1, -0.05) is 17.4 Å². The lowest BCUT2D eigenvalue weighted by atomic mass is 10.2. The maximum Gasteiger partial charge on any atom is 0.279 e. The Balaban J connectivity index is 2.05. The SMILES string of the molecule is COc1ccc(C(=O)N=c2sc3cc(C)ccc3n2CCSC)cc1. The van der Waals surface area contributed by atoms with Gasteiger partial charge in [0.2, 0.25) is 0 Å². The van der Waals surface area contributed by atoms with Gasteiger partial charge in [0.15, 0.2) is 4.80 Å². The van der Waals surface area contributed by atoms with Gasteiger partial charge in [-0.3, -0.25) is 4.79 Å². The topological polar surface area (TPSA) is 43.6 Å². The number of thioether (sulfide) groups is 1. The van der Waals surface area contributed by atoms with Crippen LogP contribution in [-0.4, -0.2) is 29.6 Å². The summed E-state index contributed by atoms with van der Waals surface area (Å²) in [6.45, 7) is 2.91. The lowest BCUT2D eigenvalue weighted by Crippen LogP contribution is -2.18. The number of thiazole rings is 1. The number of ether oxygens (including phenoxy) is 1. The number of methoxy groups -OCH3 is 1. The van der Waals surface area contributed by atoms with E-state index >= 15 is 0 Å². The van der Waals surface area contributed by atoms with Gasteiger partial charge in [-0.15, -0.1) is 0 Å². The first-order valence-electron chi connectivity index (χ1n) is 7.94. The van der Waals surface area contributed by atoms with E-state index in [1.165, 1.54) is 5.56 Å². The Labute approximate surface area is 155 Å². The highest BCUT2D eigenvalue weighted by Gasteiger charge is 2.09. The molecule has 1 aromatic heterocycles. The van der Waals surface area contributed by atoms with Crippen molar-refractivity contribution in [2.24, 2.45) is 4.99 Å². The second-order valence-corrected chi connectivity index (χ2v) is 7.64. The van der Waals surface area contributed by atoms with Crippen LogP contribution in [0.5, 0.6) is 5.75 Å². The summed E-state index contributed by atoms with van der Waals surface area (Å²) in [5, 5.41) is 0. The van der Waals surface area contributed by atoms with Gasteiger partial charge in [0.25, 0.3) is 5.91 Å². The van der Waals surface area contributed by atoms with Gasteiger partial charge in [0, 0.05) is 17.9 Å². The van der Waals surface area contributed by atoms with Gasteiger partial charge < -0.3 is 9.30 Å². The van der Waals surface area contributed by atoms with Crippen LogP contribution in [0.2, 0.25) is 0 Å². The third-order valence-corrected chi connectivity index (χ3v) is 5.52. The molecule has 2 aromatic carbocycles. The van der Waals surface area contributed by atoms with Crippen LogP contribution in [0.1, 0.15) is 15.9 Å². The molecule has 1 heterocycles. The van der Waals surface area contributed by atoms with Crippen molar-refractivity contribution in [3.8, 4) is 5.75 Å². The van der Waals surface area contributed by atoms with Crippen molar-refractivity contribution in [3.05, 3.63) is 58.4 Å². The Morgan fingerprint density at radius 1 is 1.24 bits per heavy atom. The molecule has 130 valence electrons. The number of hydrogen-bond acceptors (Lipinski definition) is 4. The molecule has 3 rings (SSSR count). The summed E-state index contributed by atoms with van der Waals surface area (Å²) in [6, 6.07) is 13.4. The second-order valence-electron chi connectivity index (χ2n) is 5.65. The molecule has 25 heavy (non-hydrogen) atoms. The standard InChI is InChI=1S/C19H20N2O2S2/c1-13-4-9-16-17(12-13)25-19(21(16)10-11-24-3)20-18(22)14-5-7-15(23-2)8-6-14/h4-9,12H,10-11H2,1-3H3. The molecule has 0 atom stereocenters. The van der Waals surface area contributed by atoms with Crippen molar-refractivity contribution in [2.75, 3.05) is 19.1 Å². The van der Waals surface area contributed by atoms with E-state index in [1.807, 2.05) is 0 Å². The lowest BCUT2D eigenvalue weighted by Gasteiger charge is -2.04. The molecule has 0 aliphatic carbocycles. The predicted molar refractivity (Wildman–Crippen MR) is 106 cm³/mol. The summed E-state index contributed by atoms with van der Waals surface area (Å²) in [4.78, 5) is 17.7. The van der Waals surface area contributed by atoms with Gasteiger partial charge in [0.1, 0.15) is 5.75 Å². The highest BCUT2D eigenvalue weighted by molar-refractivity contribution is 7.98. The number of rotatable bonds is 5. The van der Waals surface area contributed by atoms with E-state index in [0.717, 1.165) is 33.1 Å². The fraction of sp³-hybridized carbons (Fsp3) is 0.263. The van der Waals surface area contributed by atoms with Crippen molar-refractivity contribution in [1.29, 1.82) is 0 Å². The number of benzene rings is 2. The number of carbonyl (C=O) groups is 1. The van der Waals surface area contributed by atoms with Crippen molar-refractivity contribution >= 4 is 39.2 Å². The molecule has 3 aromatic rings. The first-order chi connectivity index (χ1) is 12.1. The summed E-state index contributed by atoms with van der Waals surface area (Å²) in [7, 11) is 1.61. The van der Waals surface area contributed by atoms with E-state index in [4.69, 9.17) is 4.74 Å². The summed E-state index contributed by atoms with van der Waals surface area (Å²) in [6.07, 6.45) is 2.08. The number of aryl methyl sites for hydroxylation is 2. The molecular weight excluding hydrogens is 352 g/mol. The van der Waals surface area contributed by atoms with E-state index in [2.05, 4.69) is 40.9 Å². The van der Waals surface area contributed by atoms with E-state index in [9.17, 15) is 4.79 Å². The van der Waals surface area contributed by atoms with Crippen molar-refractivity contribution in [3.63, 3.8) is 0 Å². The van der Waals surface area contributed by atoms with Gasteiger partial charge in [-0.2, -0.15) is 16.8 Å². The molecule has 0 bridgehead atoms. The number of fused-ring (bicyclic) bond motifs is 1.